The van der Waals surface area contributed by atoms with Crippen molar-refractivity contribution in [2.45, 2.75) is 13.5 Å². The van der Waals surface area contributed by atoms with Gasteiger partial charge in [0.2, 0.25) is 5.91 Å². The fourth-order valence-corrected chi connectivity index (χ4v) is 5.36. The number of nitrogens with zero attached hydrogens (tertiary/aromatic N) is 2. The molecule has 5 rings (SSSR count). The van der Waals surface area contributed by atoms with Gasteiger partial charge in [0.25, 0.3) is 11.1 Å². The summed E-state index contributed by atoms with van der Waals surface area (Å²) in [5, 5.41) is 3.61. The smallest absolute Gasteiger partial charge is 0.294 e. The fourth-order valence-electron chi connectivity index (χ4n) is 4.11. The van der Waals surface area contributed by atoms with E-state index in [1.807, 2.05) is 30.5 Å². The van der Waals surface area contributed by atoms with E-state index < -0.39 is 17.1 Å². The molecule has 0 unspecified atom stereocenters. The second kappa shape index (κ2) is 10.6. The summed E-state index contributed by atoms with van der Waals surface area (Å²) in [7, 11) is 0. The lowest BCUT2D eigenvalue weighted by Crippen LogP contribution is -2.36. The molecule has 4 aromatic rings. The third-order valence-corrected chi connectivity index (χ3v) is 8.10. The van der Waals surface area contributed by atoms with Crippen molar-refractivity contribution >= 4 is 79.0 Å². The van der Waals surface area contributed by atoms with Crippen molar-refractivity contribution in [3.05, 3.63) is 104 Å². The molecule has 1 aromatic heterocycles. The van der Waals surface area contributed by atoms with Crippen molar-refractivity contribution in [1.82, 2.24) is 9.47 Å². The molecule has 0 aliphatic carbocycles. The zero-order valence-electron chi connectivity index (χ0n) is 19.7. The maximum Gasteiger partial charge on any atom is 0.294 e. The van der Waals surface area contributed by atoms with E-state index in [4.69, 9.17) is 11.6 Å². The lowest BCUT2D eigenvalue weighted by molar-refractivity contribution is -0.127. The molecule has 186 valence electrons. The first-order valence-corrected chi connectivity index (χ1v) is 13.4. The fraction of sp³-hybridized carbons (Fsp3) is 0.107. The van der Waals surface area contributed by atoms with E-state index in [1.165, 1.54) is 5.56 Å². The summed E-state index contributed by atoms with van der Waals surface area (Å²) in [5.41, 5.74) is 4.70. The van der Waals surface area contributed by atoms with Crippen LogP contribution in [-0.2, 0) is 16.1 Å². The van der Waals surface area contributed by atoms with Crippen LogP contribution in [0.1, 0.15) is 16.7 Å². The second-order valence-corrected chi connectivity index (χ2v) is 10.9. The number of rotatable bonds is 6. The Balaban J connectivity index is 1.36. The highest BCUT2D eigenvalue weighted by atomic mass is 79.9. The van der Waals surface area contributed by atoms with Crippen molar-refractivity contribution in [3.8, 4) is 0 Å². The number of imide groups is 1. The number of nitrogens with one attached hydrogen (secondary N) is 1. The molecule has 1 N–H and O–H groups in total. The molecule has 9 heteroatoms. The number of amides is 3. The maximum absolute atomic E-state index is 13.1. The highest BCUT2D eigenvalue weighted by molar-refractivity contribution is 9.10. The SMILES string of the molecule is Cc1ccc(Cn2cc(/C=C3\SC(=O)N(CC(=O)Nc4ccc(Br)c(Cl)c4)C3=O)c3ccccc32)cc1. The summed E-state index contributed by atoms with van der Waals surface area (Å²) in [6.07, 6.45) is 3.72. The van der Waals surface area contributed by atoms with E-state index in [1.54, 1.807) is 24.3 Å². The Morgan fingerprint density at radius 3 is 2.59 bits per heavy atom. The van der Waals surface area contributed by atoms with Crippen LogP contribution in [0.4, 0.5) is 10.5 Å². The van der Waals surface area contributed by atoms with E-state index in [9.17, 15) is 14.4 Å². The lowest BCUT2D eigenvalue weighted by atomic mass is 10.1. The van der Waals surface area contributed by atoms with Gasteiger partial charge in [-0.15, -0.1) is 0 Å². The maximum atomic E-state index is 13.1. The predicted molar refractivity (Wildman–Crippen MR) is 153 cm³/mol. The molecule has 0 bridgehead atoms. The van der Waals surface area contributed by atoms with E-state index in [0.717, 1.165) is 38.7 Å². The van der Waals surface area contributed by atoms with Gasteiger partial charge in [-0.1, -0.05) is 59.6 Å². The number of hydrogen-bond acceptors (Lipinski definition) is 4. The van der Waals surface area contributed by atoms with Gasteiger partial charge in [-0.25, -0.2) is 0 Å². The van der Waals surface area contributed by atoms with Crippen molar-refractivity contribution in [3.63, 3.8) is 0 Å². The Labute approximate surface area is 231 Å². The highest BCUT2D eigenvalue weighted by Gasteiger charge is 2.36. The number of carbonyl (C=O) groups excluding carboxylic acids is 3. The van der Waals surface area contributed by atoms with Crippen LogP contribution in [0.15, 0.2) is 82.3 Å². The second-order valence-electron chi connectivity index (χ2n) is 8.66. The summed E-state index contributed by atoms with van der Waals surface area (Å²) in [5.74, 6) is -0.981. The normalized spacial score (nSPS) is 14.7. The first-order chi connectivity index (χ1) is 17.8. The minimum atomic E-state index is -0.491. The van der Waals surface area contributed by atoms with E-state index in [-0.39, 0.29) is 11.4 Å². The molecular weight excluding hydrogens is 574 g/mol. The van der Waals surface area contributed by atoms with Crippen molar-refractivity contribution in [2.24, 2.45) is 0 Å². The van der Waals surface area contributed by atoms with Crippen molar-refractivity contribution in [2.75, 3.05) is 11.9 Å². The molecule has 0 atom stereocenters. The van der Waals surface area contributed by atoms with Crippen LogP contribution in [-0.4, -0.2) is 33.1 Å². The first-order valence-electron chi connectivity index (χ1n) is 11.4. The Hall–Kier alpha value is -3.33. The van der Waals surface area contributed by atoms with Gasteiger partial charge in [0.1, 0.15) is 6.54 Å². The van der Waals surface area contributed by atoms with Gasteiger partial charge in [0.05, 0.1) is 9.93 Å². The molecule has 1 aliphatic heterocycles. The van der Waals surface area contributed by atoms with Crippen molar-refractivity contribution < 1.29 is 14.4 Å². The highest BCUT2D eigenvalue weighted by Crippen LogP contribution is 2.34. The summed E-state index contributed by atoms with van der Waals surface area (Å²) in [6.45, 7) is 2.35. The van der Waals surface area contributed by atoms with Crippen LogP contribution in [0.3, 0.4) is 0 Å². The van der Waals surface area contributed by atoms with Gasteiger partial charge in [-0.2, -0.15) is 0 Å². The molecule has 1 fully saturated rings. The lowest BCUT2D eigenvalue weighted by Gasteiger charge is -2.12. The van der Waals surface area contributed by atoms with Gasteiger partial charge in [-0.05, 0) is 70.5 Å². The third kappa shape index (κ3) is 5.51. The van der Waals surface area contributed by atoms with Gasteiger partial charge in [0.15, 0.2) is 0 Å². The van der Waals surface area contributed by atoms with Gasteiger partial charge in [0, 0.05) is 39.4 Å². The summed E-state index contributed by atoms with van der Waals surface area (Å²) >= 11 is 10.2. The first kappa shape index (κ1) is 25.3. The van der Waals surface area contributed by atoms with Crippen LogP contribution < -0.4 is 5.32 Å². The number of fused-ring (bicyclic) bond motifs is 1. The molecule has 0 saturated carbocycles. The molecule has 3 aromatic carbocycles. The van der Waals surface area contributed by atoms with Gasteiger partial charge >= 0.3 is 0 Å². The molecule has 6 nitrogen and oxygen atoms in total. The number of hydrogen-bond donors (Lipinski definition) is 1. The number of thioether (sulfide) groups is 1. The van der Waals surface area contributed by atoms with Gasteiger partial charge < -0.3 is 9.88 Å². The summed E-state index contributed by atoms with van der Waals surface area (Å²) in [4.78, 5) is 39.5. The summed E-state index contributed by atoms with van der Waals surface area (Å²) in [6, 6.07) is 21.3. The van der Waals surface area contributed by atoms with Crippen LogP contribution in [0.2, 0.25) is 5.02 Å². The quantitative estimate of drug-likeness (QED) is 0.242. The van der Waals surface area contributed by atoms with Gasteiger partial charge in [-0.3, -0.25) is 19.3 Å². The van der Waals surface area contributed by atoms with Crippen LogP contribution in [0.5, 0.6) is 0 Å². The Morgan fingerprint density at radius 1 is 1.08 bits per heavy atom. The average Bonchev–Trinajstić information content (AvgIpc) is 3.35. The van der Waals surface area contributed by atoms with E-state index >= 15 is 0 Å². The number of aryl methyl sites for hydroxylation is 1. The minimum absolute atomic E-state index is 0.280. The number of benzene rings is 3. The molecule has 37 heavy (non-hydrogen) atoms. The molecule has 0 spiro atoms. The Bertz CT molecular complexity index is 1580. The Morgan fingerprint density at radius 2 is 1.84 bits per heavy atom. The van der Waals surface area contributed by atoms with Crippen LogP contribution in [0, 0.1) is 6.92 Å². The van der Waals surface area contributed by atoms with E-state index in [0.29, 0.717) is 21.7 Å². The summed E-state index contributed by atoms with van der Waals surface area (Å²) < 4.78 is 2.83. The molecule has 1 saturated heterocycles. The van der Waals surface area contributed by atoms with Crippen LogP contribution >= 0.6 is 39.3 Å². The number of para-hydroxylation sites is 1. The molecule has 0 radical (unpaired) electrons. The monoisotopic (exact) mass is 593 g/mol. The Kier molecular flexibility index (Phi) is 7.24. The standard InChI is InChI=1S/C28H21BrClN3O3S/c1-17-6-8-18(9-7-17)14-32-15-19(21-4-2-3-5-24(21)32)12-25-27(35)33(28(36)37-25)16-26(34)31-20-10-11-22(29)23(30)13-20/h2-13,15H,14,16H2,1H3,(H,31,34)/b25-12-. The predicted octanol–water partition coefficient (Wildman–Crippen LogP) is 7.09. The third-order valence-electron chi connectivity index (χ3n) is 5.96. The average molecular weight is 595 g/mol. The number of halogens is 2. The minimum Gasteiger partial charge on any atom is -0.342 e. The number of aromatic nitrogens is 1. The molecule has 3 amide bonds. The molecule has 2 heterocycles. The topological polar surface area (TPSA) is 71.4 Å². The molecular formula is C28H21BrClN3O3S. The molecule has 1 aliphatic rings. The largest absolute Gasteiger partial charge is 0.342 e. The number of carbonyl (C=O) groups is 3. The number of anilines is 1. The van der Waals surface area contributed by atoms with Crippen LogP contribution in [0.25, 0.3) is 17.0 Å². The zero-order valence-corrected chi connectivity index (χ0v) is 22.9. The van der Waals surface area contributed by atoms with E-state index in [2.05, 4.69) is 57.0 Å². The zero-order chi connectivity index (χ0) is 26.1. The van der Waals surface area contributed by atoms with Crippen molar-refractivity contribution in [1.29, 1.82) is 0 Å².